The summed E-state index contributed by atoms with van der Waals surface area (Å²) in [6.07, 6.45) is 0.0349. The molecule has 3 heterocycles. The zero-order chi connectivity index (χ0) is 32.3. The number of aryl methyl sites for hydroxylation is 1. The highest BCUT2D eigenvalue weighted by molar-refractivity contribution is 7.89. The van der Waals surface area contributed by atoms with E-state index < -0.39 is 27.7 Å². The number of halogens is 2. The molecule has 5 rings (SSSR count). The van der Waals surface area contributed by atoms with E-state index in [2.05, 4.69) is 43.8 Å². The van der Waals surface area contributed by atoms with E-state index in [0.717, 1.165) is 32.2 Å². The van der Waals surface area contributed by atoms with E-state index in [0.29, 0.717) is 45.5 Å². The van der Waals surface area contributed by atoms with E-state index in [1.165, 1.54) is 30.8 Å². The average Bonchev–Trinajstić information content (AvgIpc) is 3.34. The molecule has 0 saturated carbocycles. The molecule has 1 atom stereocenters. The number of para-hydroxylation sites is 1. The first-order chi connectivity index (χ1) is 21.4. The summed E-state index contributed by atoms with van der Waals surface area (Å²) in [5, 5.41) is 7.47. The maximum Gasteiger partial charge on any atom is 0.260 e. The van der Waals surface area contributed by atoms with Gasteiger partial charge >= 0.3 is 0 Å². The molecular formula is C32H35F2N7O3S. The van der Waals surface area contributed by atoms with Crippen LogP contribution in [0.15, 0.2) is 53.6 Å². The van der Waals surface area contributed by atoms with Crippen molar-refractivity contribution in [1.29, 1.82) is 0 Å². The molecule has 2 aromatic carbocycles. The Morgan fingerprint density at radius 2 is 1.73 bits per heavy atom. The molecular weight excluding hydrogens is 600 g/mol. The summed E-state index contributed by atoms with van der Waals surface area (Å²) in [4.78, 5) is 21.9. The molecule has 45 heavy (non-hydrogen) atoms. The summed E-state index contributed by atoms with van der Waals surface area (Å²) < 4.78 is 57.7. The van der Waals surface area contributed by atoms with Crippen LogP contribution in [0, 0.1) is 23.5 Å². The third-order valence-electron chi connectivity index (χ3n) is 7.75. The van der Waals surface area contributed by atoms with Crippen LogP contribution >= 0.6 is 0 Å². The van der Waals surface area contributed by atoms with Crippen LogP contribution in [0.5, 0.6) is 0 Å². The van der Waals surface area contributed by atoms with Gasteiger partial charge in [0.25, 0.3) is 10.0 Å². The maximum absolute atomic E-state index is 14.2. The molecule has 0 bridgehead atoms. The van der Waals surface area contributed by atoms with Gasteiger partial charge in [0.05, 0.1) is 23.8 Å². The Hall–Kier alpha value is -4.22. The van der Waals surface area contributed by atoms with Gasteiger partial charge in [-0.15, -0.1) is 0 Å². The lowest BCUT2D eigenvalue weighted by Gasteiger charge is -2.30. The number of carbonyl (C=O) groups is 1. The molecule has 2 aromatic heterocycles. The quantitative estimate of drug-likeness (QED) is 0.287. The molecule has 1 aliphatic heterocycles. The van der Waals surface area contributed by atoms with Crippen LogP contribution in [0.4, 0.5) is 8.78 Å². The molecule has 0 unspecified atom stereocenters. The Morgan fingerprint density at radius 3 is 2.40 bits per heavy atom. The van der Waals surface area contributed by atoms with Crippen molar-refractivity contribution in [3.05, 3.63) is 77.1 Å². The average molecular weight is 636 g/mol. The number of rotatable bonds is 8. The Bertz CT molecular complexity index is 1890. The molecule has 1 aliphatic rings. The van der Waals surface area contributed by atoms with Crippen molar-refractivity contribution >= 4 is 26.8 Å². The summed E-state index contributed by atoms with van der Waals surface area (Å²) >= 11 is 0. The molecule has 0 radical (unpaired) electrons. The van der Waals surface area contributed by atoms with Crippen LogP contribution in [0.1, 0.15) is 29.9 Å². The van der Waals surface area contributed by atoms with Gasteiger partial charge in [0.15, 0.2) is 5.03 Å². The van der Waals surface area contributed by atoms with Crippen LogP contribution in [0.2, 0.25) is 0 Å². The van der Waals surface area contributed by atoms with E-state index in [-0.39, 0.29) is 17.4 Å². The second-order valence-corrected chi connectivity index (χ2v) is 12.9. The van der Waals surface area contributed by atoms with Crippen molar-refractivity contribution in [3.63, 3.8) is 0 Å². The summed E-state index contributed by atoms with van der Waals surface area (Å²) in [7, 11) is 1.18. The minimum atomic E-state index is -3.87. The summed E-state index contributed by atoms with van der Waals surface area (Å²) in [5.74, 6) is 4.51. The second-order valence-electron chi connectivity index (χ2n) is 11.1. The largest absolute Gasteiger partial charge is 0.348 e. The number of nitrogens with one attached hydrogen (secondary N) is 2. The molecule has 236 valence electrons. The normalized spacial score (nSPS) is 15.1. The van der Waals surface area contributed by atoms with E-state index in [9.17, 15) is 22.0 Å². The van der Waals surface area contributed by atoms with Gasteiger partial charge in [0, 0.05) is 62.7 Å². The topological polar surface area (TPSA) is 112 Å². The van der Waals surface area contributed by atoms with Gasteiger partial charge in [-0.3, -0.25) is 14.4 Å². The number of sulfonamides is 1. The number of aromatic nitrogens is 3. The molecule has 0 aliphatic carbocycles. The van der Waals surface area contributed by atoms with Crippen LogP contribution in [-0.2, 0) is 28.3 Å². The number of likely N-dealkylation sites (N-methyl/N-ethyl adjacent to an activating group) is 1. The fourth-order valence-electron chi connectivity index (χ4n) is 5.53. The minimum absolute atomic E-state index is 0.0349. The number of carbonyl (C=O) groups excluding carboxylic acids is 1. The zero-order valence-electron chi connectivity index (χ0n) is 25.6. The first-order valence-corrected chi connectivity index (χ1v) is 16.0. The number of piperazine rings is 1. The number of fused-ring (bicyclic) bond motifs is 1. The number of benzene rings is 2. The number of hydrogen-bond donors (Lipinski definition) is 2. The fourth-order valence-corrected chi connectivity index (χ4v) is 6.41. The van der Waals surface area contributed by atoms with Crippen LogP contribution in [0.25, 0.3) is 22.0 Å². The highest BCUT2D eigenvalue weighted by Crippen LogP contribution is 2.36. The van der Waals surface area contributed by atoms with Crippen molar-refractivity contribution in [2.45, 2.75) is 24.4 Å². The molecule has 13 heteroatoms. The van der Waals surface area contributed by atoms with Crippen molar-refractivity contribution in [2.75, 3.05) is 46.8 Å². The van der Waals surface area contributed by atoms with E-state index in [1.807, 2.05) is 12.1 Å². The molecule has 1 amide bonds. The van der Waals surface area contributed by atoms with Crippen molar-refractivity contribution in [2.24, 2.45) is 7.05 Å². The van der Waals surface area contributed by atoms with E-state index in [4.69, 9.17) is 4.98 Å². The Labute approximate surface area is 261 Å². The number of hydrogen-bond acceptors (Lipinski definition) is 7. The van der Waals surface area contributed by atoms with Gasteiger partial charge in [-0.1, -0.05) is 18.1 Å². The molecule has 4 aromatic rings. The summed E-state index contributed by atoms with van der Waals surface area (Å²) in [6, 6.07) is 11.2. The zero-order valence-corrected chi connectivity index (χ0v) is 26.4. The van der Waals surface area contributed by atoms with E-state index in [1.54, 1.807) is 25.2 Å². The lowest BCUT2D eigenvalue weighted by molar-refractivity contribution is -0.119. The second kappa shape index (κ2) is 13.4. The third kappa shape index (κ3) is 7.37. The lowest BCUT2D eigenvalue weighted by Crippen LogP contribution is -2.44. The van der Waals surface area contributed by atoms with Gasteiger partial charge < -0.3 is 10.2 Å². The fraction of sp³-hybridized carbons (Fsp3) is 0.344. The van der Waals surface area contributed by atoms with Crippen molar-refractivity contribution < 1.29 is 22.0 Å². The Balaban J connectivity index is 1.65. The monoisotopic (exact) mass is 635 g/mol. The van der Waals surface area contributed by atoms with E-state index >= 15 is 0 Å². The highest BCUT2D eigenvalue weighted by atomic mass is 32.2. The van der Waals surface area contributed by atoms with Gasteiger partial charge in [-0.2, -0.15) is 5.10 Å². The molecule has 2 N–H and O–H groups in total. The van der Waals surface area contributed by atoms with Gasteiger partial charge in [-0.25, -0.2) is 26.9 Å². The Morgan fingerprint density at radius 1 is 1.02 bits per heavy atom. The first-order valence-electron chi connectivity index (χ1n) is 14.5. The van der Waals surface area contributed by atoms with Gasteiger partial charge in [0.1, 0.15) is 17.3 Å². The molecule has 0 spiro atoms. The minimum Gasteiger partial charge on any atom is -0.348 e. The predicted octanol–water partition coefficient (Wildman–Crippen LogP) is 2.84. The highest BCUT2D eigenvalue weighted by Gasteiger charge is 2.26. The maximum atomic E-state index is 14.2. The number of nitrogens with zero attached hydrogens (tertiary/aromatic N) is 5. The lowest BCUT2D eigenvalue weighted by atomic mass is 9.94. The molecule has 10 nitrogen and oxygen atoms in total. The van der Waals surface area contributed by atoms with Gasteiger partial charge in [0.2, 0.25) is 5.91 Å². The number of pyridine rings is 1. The molecule has 1 fully saturated rings. The van der Waals surface area contributed by atoms with Crippen LogP contribution < -0.4 is 10.0 Å². The number of amides is 1. The standard InChI is InChI=1S/C32H35F2N7O3S/c1-21(42)36-29(19-22-17-23(33)20-24(34)18-22)30-26(11-10-25(37-30)7-6-12-41-15-13-39(3)14-16-41)27-8-5-9-28-31(27)40(4)38-32(28)45(43,44)35-2/h5,8-11,17-18,20,29,35H,12-16,19H2,1-4H3,(H,36,42)/t29-/m0/s1. The molecule has 1 saturated heterocycles. The predicted molar refractivity (Wildman–Crippen MR) is 168 cm³/mol. The third-order valence-corrected chi connectivity index (χ3v) is 9.10. The smallest absolute Gasteiger partial charge is 0.260 e. The van der Waals surface area contributed by atoms with Crippen LogP contribution in [-0.4, -0.2) is 85.7 Å². The first kappa shape index (κ1) is 32.2. The van der Waals surface area contributed by atoms with Crippen molar-refractivity contribution in [3.8, 4) is 23.0 Å². The van der Waals surface area contributed by atoms with Crippen molar-refractivity contribution in [1.82, 2.24) is 34.6 Å². The summed E-state index contributed by atoms with van der Waals surface area (Å²) in [5.41, 5.74) is 2.91. The summed E-state index contributed by atoms with van der Waals surface area (Å²) in [6.45, 7) is 5.69. The SMILES string of the molecule is CNS(=O)(=O)c1nn(C)c2c(-c3ccc(C#CCN4CCN(C)CC4)nc3[C@H](Cc3cc(F)cc(F)c3)NC(C)=O)cccc12. The Kier molecular flexibility index (Phi) is 9.59. The van der Waals surface area contributed by atoms with Crippen LogP contribution in [0.3, 0.4) is 0 Å². The van der Waals surface area contributed by atoms with Gasteiger partial charge in [-0.05, 0) is 62.3 Å².